The van der Waals surface area contributed by atoms with E-state index in [4.69, 9.17) is 0 Å². The molecule has 1 atom stereocenters. The molecule has 0 bridgehead atoms. The van der Waals surface area contributed by atoms with Crippen LogP contribution in [-0.2, 0) is 12.8 Å². The number of thiophene rings is 1. The maximum atomic E-state index is 9.98. The number of aliphatic hydroxyl groups is 1. The van der Waals surface area contributed by atoms with Crippen LogP contribution in [0.4, 0.5) is 0 Å². The molecular formula is C13H13BrOS. The van der Waals surface area contributed by atoms with Gasteiger partial charge in [0.2, 0.25) is 0 Å². The standard InChI is InChI=1S/C13H13BrOS/c14-13-6-2-1-4-10(13)8-11(15)9-12-5-3-7-16-12/h1-7,11,15H,8-9H2. The molecule has 2 rings (SSSR count). The van der Waals surface area contributed by atoms with Gasteiger partial charge in [-0.2, -0.15) is 0 Å². The van der Waals surface area contributed by atoms with Crippen molar-refractivity contribution in [1.82, 2.24) is 0 Å². The van der Waals surface area contributed by atoms with Crippen LogP contribution in [0.5, 0.6) is 0 Å². The van der Waals surface area contributed by atoms with Gasteiger partial charge in [-0.05, 0) is 29.5 Å². The Hall–Kier alpha value is -0.640. The highest BCUT2D eigenvalue weighted by atomic mass is 79.9. The first kappa shape index (κ1) is 11.8. The Morgan fingerprint density at radius 2 is 1.94 bits per heavy atom. The average Bonchev–Trinajstić information content (AvgIpc) is 2.74. The van der Waals surface area contributed by atoms with E-state index in [0.29, 0.717) is 6.42 Å². The topological polar surface area (TPSA) is 20.2 Å². The molecule has 1 N–H and O–H groups in total. The van der Waals surface area contributed by atoms with Crippen LogP contribution in [0.3, 0.4) is 0 Å². The molecule has 84 valence electrons. The molecule has 0 saturated carbocycles. The summed E-state index contributed by atoms with van der Waals surface area (Å²) in [5, 5.41) is 12.0. The van der Waals surface area contributed by atoms with Gasteiger partial charge in [-0.3, -0.25) is 0 Å². The van der Waals surface area contributed by atoms with Crippen LogP contribution in [0.1, 0.15) is 10.4 Å². The van der Waals surface area contributed by atoms with E-state index in [9.17, 15) is 5.11 Å². The van der Waals surface area contributed by atoms with Crippen LogP contribution >= 0.6 is 27.3 Å². The van der Waals surface area contributed by atoms with Crippen molar-refractivity contribution in [2.24, 2.45) is 0 Å². The highest BCUT2D eigenvalue weighted by Gasteiger charge is 2.09. The van der Waals surface area contributed by atoms with E-state index >= 15 is 0 Å². The summed E-state index contributed by atoms with van der Waals surface area (Å²) in [4.78, 5) is 1.24. The zero-order valence-corrected chi connectivity index (χ0v) is 11.2. The minimum atomic E-state index is -0.308. The molecule has 0 spiro atoms. The van der Waals surface area contributed by atoms with Crippen molar-refractivity contribution in [3.8, 4) is 0 Å². The molecular weight excluding hydrogens is 284 g/mol. The number of aliphatic hydroxyl groups excluding tert-OH is 1. The normalized spacial score (nSPS) is 12.6. The summed E-state index contributed by atoms with van der Waals surface area (Å²) in [6.45, 7) is 0. The maximum Gasteiger partial charge on any atom is 0.0629 e. The number of halogens is 1. The van der Waals surface area contributed by atoms with Gasteiger partial charge < -0.3 is 5.11 Å². The third-order valence-electron chi connectivity index (χ3n) is 2.43. The van der Waals surface area contributed by atoms with Gasteiger partial charge in [0.15, 0.2) is 0 Å². The Morgan fingerprint density at radius 1 is 1.12 bits per heavy atom. The molecule has 0 aliphatic rings. The van der Waals surface area contributed by atoms with Gasteiger partial charge in [0.25, 0.3) is 0 Å². The number of hydrogen-bond acceptors (Lipinski definition) is 2. The van der Waals surface area contributed by atoms with Crippen LogP contribution in [0.2, 0.25) is 0 Å². The minimum Gasteiger partial charge on any atom is -0.392 e. The lowest BCUT2D eigenvalue weighted by Gasteiger charge is -2.10. The van der Waals surface area contributed by atoms with Crippen molar-refractivity contribution in [3.63, 3.8) is 0 Å². The van der Waals surface area contributed by atoms with Gasteiger partial charge in [-0.25, -0.2) is 0 Å². The monoisotopic (exact) mass is 296 g/mol. The van der Waals surface area contributed by atoms with Crippen molar-refractivity contribution in [2.75, 3.05) is 0 Å². The molecule has 0 aliphatic carbocycles. The summed E-state index contributed by atoms with van der Waals surface area (Å²) in [5.41, 5.74) is 1.16. The summed E-state index contributed by atoms with van der Waals surface area (Å²) in [7, 11) is 0. The highest BCUT2D eigenvalue weighted by molar-refractivity contribution is 9.10. The second kappa shape index (κ2) is 5.62. The second-order valence-electron chi connectivity index (χ2n) is 3.73. The summed E-state index contributed by atoms with van der Waals surface area (Å²) >= 11 is 5.19. The lowest BCUT2D eigenvalue weighted by atomic mass is 10.1. The lowest BCUT2D eigenvalue weighted by molar-refractivity contribution is 0.176. The minimum absolute atomic E-state index is 0.308. The number of rotatable bonds is 4. The molecule has 16 heavy (non-hydrogen) atoms. The number of hydrogen-bond donors (Lipinski definition) is 1. The van der Waals surface area contributed by atoms with E-state index in [-0.39, 0.29) is 6.10 Å². The third kappa shape index (κ3) is 3.17. The molecule has 0 saturated heterocycles. The molecule has 2 aromatic rings. The Labute approximate surface area is 108 Å². The first-order chi connectivity index (χ1) is 7.75. The SMILES string of the molecule is OC(Cc1cccs1)Cc1ccccc1Br. The molecule has 0 amide bonds. The Balaban J connectivity index is 1.97. The van der Waals surface area contributed by atoms with Crippen molar-refractivity contribution in [2.45, 2.75) is 18.9 Å². The molecule has 0 fully saturated rings. The Morgan fingerprint density at radius 3 is 2.62 bits per heavy atom. The molecule has 1 nitrogen and oxygen atoms in total. The fourth-order valence-corrected chi connectivity index (χ4v) is 2.88. The van der Waals surface area contributed by atoms with Gasteiger partial charge in [0.1, 0.15) is 0 Å². The van der Waals surface area contributed by atoms with Crippen molar-refractivity contribution < 1.29 is 5.11 Å². The maximum absolute atomic E-state index is 9.98. The first-order valence-electron chi connectivity index (χ1n) is 5.19. The van der Waals surface area contributed by atoms with E-state index in [1.54, 1.807) is 11.3 Å². The van der Waals surface area contributed by atoms with Crippen molar-refractivity contribution >= 4 is 27.3 Å². The van der Waals surface area contributed by atoms with Crippen LogP contribution in [0.25, 0.3) is 0 Å². The van der Waals surface area contributed by atoms with Crippen molar-refractivity contribution in [1.29, 1.82) is 0 Å². The first-order valence-corrected chi connectivity index (χ1v) is 6.87. The largest absolute Gasteiger partial charge is 0.392 e. The van der Waals surface area contributed by atoms with Gasteiger partial charge >= 0.3 is 0 Å². The zero-order chi connectivity index (χ0) is 11.4. The van der Waals surface area contributed by atoms with E-state index in [1.165, 1.54) is 4.88 Å². The molecule has 3 heteroatoms. The number of benzene rings is 1. The Bertz CT molecular complexity index is 439. The third-order valence-corrected chi connectivity index (χ3v) is 4.10. The van der Waals surface area contributed by atoms with E-state index in [2.05, 4.69) is 22.0 Å². The lowest BCUT2D eigenvalue weighted by Crippen LogP contribution is -2.13. The molecule has 1 unspecified atom stereocenters. The average molecular weight is 297 g/mol. The van der Waals surface area contributed by atoms with Crippen LogP contribution in [-0.4, -0.2) is 11.2 Å². The van der Waals surface area contributed by atoms with E-state index in [0.717, 1.165) is 16.5 Å². The molecule has 1 aromatic heterocycles. The fourth-order valence-electron chi connectivity index (χ4n) is 1.65. The van der Waals surface area contributed by atoms with E-state index in [1.807, 2.05) is 35.7 Å². The van der Waals surface area contributed by atoms with E-state index < -0.39 is 0 Å². The smallest absolute Gasteiger partial charge is 0.0629 e. The molecule has 1 aromatic carbocycles. The fraction of sp³-hybridized carbons (Fsp3) is 0.231. The van der Waals surface area contributed by atoms with Crippen LogP contribution in [0, 0.1) is 0 Å². The Kier molecular flexibility index (Phi) is 4.16. The van der Waals surface area contributed by atoms with Gasteiger partial charge in [0, 0.05) is 15.8 Å². The predicted molar refractivity (Wildman–Crippen MR) is 71.9 cm³/mol. The summed E-state index contributed by atoms with van der Waals surface area (Å²) < 4.78 is 1.07. The van der Waals surface area contributed by atoms with Gasteiger partial charge in [-0.1, -0.05) is 40.2 Å². The predicted octanol–water partition coefficient (Wildman–Crippen LogP) is 3.66. The van der Waals surface area contributed by atoms with Crippen molar-refractivity contribution in [3.05, 3.63) is 56.7 Å². The summed E-state index contributed by atoms with van der Waals surface area (Å²) in [6.07, 6.45) is 1.12. The molecule has 0 aliphatic heterocycles. The van der Waals surface area contributed by atoms with Crippen LogP contribution in [0.15, 0.2) is 46.3 Å². The van der Waals surface area contributed by atoms with Crippen LogP contribution < -0.4 is 0 Å². The quantitative estimate of drug-likeness (QED) is 0.913. The summed E-state index contributed by atoms with van der Waals surface area (Å²) in [5.74, 6) is 0. The molecule has 0 radical (unpaired) electrons. The second-order valence-corrected chi connectivity index (χ2v) is 5.62. The zero-order valence-electron chi connectivity index (χ0n) is 8.77. The summed E-state index contributed by atoms with van der Waals surface area (Å²) in [6, 6.07) is 12.1. The van der Waals surface area contributed by atoms with Gasteiger partial charge in [-0.15, -0.1) is 11.3 Å². The van der Waals surface area contributed by atoms with Gasteiger partial charge in [0.05, 0.1) is 6.10 Å². The highest BCUT2D eigenvalue weighted by Crippen LogP contribution is 2.19. The molecule has 1 heterocycles.